The second kappa shape index (κ2) is 45.2. The van der Waals surface area contributed by atoms with Crippen LogP contribution in [-0.4, -0.2) is 240 Å². The van der Waals surface area contributed by atoms with Gasteiger partial charge in [0.1, 0.15) is 42.9 Å². The summed E-state index contributed by atoms with van der Waals surface area (Å²) in [6, 6.07) is -8.00. The summed E-state index contributed by atoms with van der Waals surface area (Å²) in [5, 5.41) is 58.2. The summed E-state index contributed by atoms with van der Waals surface area (Å²) >= 11 is 0. The van der Waals surface area contributed by atoms with Crippen molar-refractivity contribution in [2.24, 2.45) is 5.73 Å². The van der Waals surface area contributed by atoms with Crippen molar-refractivity contribution in [1.82, 2.24) is 77.2 Å². The van der Waals surface area contributed by atoms with Gasteiger partial charge in [0.25, 0.3) is 0 Å². The molecule has 0 radical (unpaired) electrons. The van der Waals surface area contributed by atoms with E-state index in [2.05, 4.69) is 62.5 Å². The van der Waals surface area contributed by atoms with Gasteiger partial charge in [-0.05, 0) is 83.6 Å². The summed E-state index contributed by atoms with van der Waals surface area (Å²) < 4.78 is 10.9. The number of carbonyl (C=O) groups is 12. The van der Waals surface area contributed by atoms with E-state index in [0.29, 0.717) is 50.9 Å². The number of primary amides is 1. The Bertz CT molecular complexity index is 2650. The first-order valence-corrected chi connectivity index (χ1v) is 33.1. The van der Waals surface area contributed by atoms with Crippen LogP contribution in [0.3, 0.4) is 0 Å². The topological polar surface area (TPSA) is 475 Å². The van der Waals surface area contributed by atoms with E-state index in [4.69, 9.17) is 15.2 Å². The Morgan fingerprint density at radius 2 is 1.20 bits per heavy atom. The maximum absolute atomic E-state index is 14.2. The number of H-pyrrole nitrogens is 2. The lowest BCUT2D eigenvalue weighted by molar-refractivity contribution is -0.146. The summed E-state index contributed by atoms with van der Waals surface area (Å²) in [7, 11) is 0. The van der Waals surface area contributed by atoms with Gasteiger partial charge < -0.3 is 77.2 Å². The van der Waals surface area contributed by atoms with E-state index in [-0.39, 0.29) is 103 Å². The van der Waals surface area contributed by atoms with Gasteiger partial charge >= 0.3 is 17.9 Å². The Morgan fingerprint density at radius 3 is 1.82 bits per heavy atom. The standard InChI is InChI=1S/C61H100N16O17/c1-42(78)76-30-20-24-49(76)61(92)77-31-19-23-48(77)60(91)70-46(35-43-37-63-41-66-43)58(89)69-47(36-53(81)82)59(90)68-45(22-16-18-29-75(38-54(83)84)39-55(85)86)57(88)67-44(56(62)87)21-15-17-27-64-52(80)40-94-34-33-93-32-28-65-51(79)26-14-12-10-8-6-4-2-3-5-7-9-11-13-25-50-71-73-74-72-50/h37,41,44-49H,2-36,38-40H2,1H3,(H2,62,87)(H,63,66)(H,64,80)(H,65,79)(H,67,88)(H,68,90)(H,69,89)(H,70,91)(H,81,82)(H,83,84)(H,85,86)(H,71,72,73,74)/t44-,45-,46-,47-,48-,49-/m0/s1. The minimum absolute atomic E-state index is 0.0227. The summed E-state index contributed by atoms with van der Waals surface area (Å²) in [5.41, 5.74) is 6.05. The van der Waals surface area contributed by atoms with Crippen molar-refractivity contribution < 1.29 is 82.3 Å². The maximum Gasteiger partial charge on any atom is 0.317 e. The summed E-state index contributed by atoms with van der Waals surface area (Å²) in [6.45, 7) is 1.51. The molecule has 0 bridgehead atoms. The molecule has 0 spiro atoms. The molecule has 0 aromatic carbocycles. The molecule has 2 aromatic heterocycles. The number of aromatic nitrogens is 6. The quantitative estimate of drug-likeness (QED) is 0.0392. The highest BCUT2D eigenvalue weighted by atomic mass is 16.5. The monoisotopic (exact) mass is 1330 g/mol. The number of imidazole rings is 1. The van der Waals surface area contributed by atoms with Crippen LogP contribution in [0.25, 0.3) is 0 Å². The Morgan fingerprint density at radius 1 is 0.628 bits per heavy atom. The zero-order valence-electron chi connectivity index (χ0n) is 54.3. The third-order valence-corrected chi connectivity index (χ3v) is 16.2. The third kappa shape index (κ3) is 32.1. The summed E-state index contributed by atoms with van der Waals surface area (Å²) in [6.07, 6.45) is 20.2. The first kappa shape index (κ1) is 78.2. The second-order valence-corrected chi connectivity index (χ2v) is 23.9. The van der Waals surface area contributed by atoms with Gasteiger partial charge in [-0.2, -0.15) is 5.21 Å². The number of carboxylic acids is 3. The average molecular weight is 1330 g/mol. The molecule has 4 rings (SSSR count). The van der Waals surface area contributed by atoms with Crippen molar-refractivity contribution >= 4 is 71.1 Å². The minimum atomic E-state index is -1.88. The number of unbranched alkanes of at least 4 members (excludes halogenated alkanes) is 14. The Kier molecular flexibility index (Phi) is 37.6. The van der Waals surface area contributed by atoms with Crippen molar-refractivity contribution in [1.29, 1.82) is 0 Å². The fourth-order valence-electron chi connectivity index (χ4n) is 11.3. The van der Waals surface area contributed by atoms with Gasteiger partial charge in [0.2, 0.25) is 53.2 Å². The van der Waals surface area contributed by atoms with Gasteiger partial charge in [-0.1, -0.05) is 75.8 Å². The lowest BCUT2D eigenvalue weighted by Gasteiger charge is -2.31. The molecular formula is C61H100N16O17. The van der Waals surface area contributed by atoms with Gasteiger partial charge in [0.05, 0.1) is 45.7 Å². The normalized spacial score (nSPS) is 15.8. The molecule has 0 saturated carbocycles. The van der Waals surface area contributed by atoms with Crippen LogP contribution in [0.15, 0.2) is 12.5 Å². The number of nitrogens with one attached hydrogen (secondary N) is 8. The number of carboxylic acid groups (broad SMARTS) is 3. The third-order valence-electron chi connectivity index (χ3n) is 16.2. The largest absolute Gasteiger partial charge is 0.481 e. The maximum atomic E-state index is 14.2. The smallest absolute Gasteiger partial charge is 0.317 e. The summed E-state index contributed by atoms with van der Waals surface area (Å²) in [5.74, 6) is -9.30. The molecule has 33 nitrogen and oxygen atoms in total. The van der Waals surface area contributed by atoms with Crippen LogP contribution in [0.1, 0.15) is 179 Å². The fourth-order valence-corrected chi connectivity index (χ4v) is 11.3. The lowest BCUT2D eigenvalue weighted by atomic mass is 10.0. The minimum Gasteiger partial charge on any atom is -0.481 e. The van der Waals surface area contributed by atoms with Crippen LogP contribution in [0.2, 0.25) is 0 Å². The molecule has 6 atom stereocenters. The number of nitrogens with two attached hydrogens (primary N) is 1. The molecular weight excluding hydrogens is 1230 g/mol. The first-order valence-electron chi connectivity index (χ1n) is 33.1. The number of likely N-dealkylation sites (tertiary alicyclic amines) is 2. The number of tetrazole rings is 1. The molecule has 13 N–H and O–H groups in total. The van der Waals surface area contributed by atoms with E-state index >= 15 is 0 Å². The first-order chi connectivity index (χ1) is 45.2. The van der Waals surface area contributed by atoms with Gasteiger partial charge in [-0.3, -0.25) is 62.4 Å². The fraction of sp³-hybridized carbons (Fsp3) is 0.738. The Hall–Kier alpha value is -8.20. The molecule has 9 amide bonds. The highest BCUT2D eigenvalue weighted by molar-refractivity contribution is 5.98. The molecule has 2 saturated heterocycles. The number of aromatic amines is 2. The number of aryl methyl sites for hydroxylation is 1. The Balaban J connectivity index is 1.19. The predicted octanol–water partition coefficient (Wildman–Crippen LogP) is 0.148. The second-order valence-electron chi connectivity index (χ2n) is 23.9. The van der Waals surface area contributed by atoms with Crippen molar-refractivity contribution in [3.05, 3.63) is 24.0 Å². The van der Waals surface area contributed by atoms with Crippen LogP contribution in [0.5, 0.6) is 0 Å². The van der Waals surface area contributed by atoms with Crippen LogP contribution in [0, 0.1) is 0 Å². The van der Waals surface area contributed by atoms with E-state index in [1.54, 1.807) is 0 Å². The molecule has 0 aliphatic carbocycles. The SMILES string of the molecule is CC(=O)N1CCC[C@H]1C(=O)N1CCC[C@H]1C(=O)N[C@@H](Cc1cnc[nH]1)C(=O)N[C@@H](CC(=O)O)C(=O)N[C@@H](CCCCN(CC(=O)O)CC(=O)O)C(=O)N[C@@H](CCCCNC(=O)COCCOCCNC(=O)CCCCCCCCCCCCCCCc1nn[nH]n1)C(N)=O. The zero-order valence-corrected chi connectivity index (χ0v) is 54.3. The van der Waals surface area contributed by atoms with Crippen molar-refractivity contribution in [3.8, 4) is 0 Å². The molecule has 2 aliphatic heterocycles. The Labute approximate surface area is 547 Å². The molecule has 2 aliphatic rings. The van der Waals surface area contributed by atoms with E-state index in [1.165, 1.54) is 87.0 Å². The van der Waals surface area contributed by atoms with E-state index in [0.717, 1.165) is 42.8 Å². The van der Waals surface area contributed by atoms with Crippen molar-refractivity contribution in [2.75, 3.05) is 72.2 Å². The molecule has 33 heteroatoms. The number of rotatable bonds is 52. The molecule has 0 unspecified atom stereocenters. The number of aliphatic carboxylic acids is 3. The number of amides is 9. The van der Waals surface area contributed by atoms with E-state index in [1.807, 2.05) is 0 Å². The molecule has 2 fully saturated rings. The zero-order chi connectivity index (χ0) is 68.5. The number of ether oxygens (including phenoxy) is 2. The van der Waals surface area contributed by atoms with E-state index < -0.39 is 115 Å². The van der Waals surface area contributed by atoms with Crippen molar-refractivity contribution in [2.45, 2.75) is 217 Å². The number of hydrogen-bond donors (Lipinski definition) is 12. The van der Waals surface area contributed by atoms with Gasteiger partial charge in [0.15, 0.2) is 5.82 Å². The van der Waals surface area contributed by atoms with Crippen molar-refractivity contribution in [3.63, 3.8) is 0 Å². The molecule has 94 heavy (non-hydrogen) atoms. The number of nitrogens with zero attached hydrogens (tertiary/aromatic N) is 7. The summed E-state index contributed by atoms with van der Waals surface area (Å²) in [4.78, 5) is 166. The van der Waals surface area contributed by atoms with Gasteiger partial charge in [-0.15, -0.1) is 10.2 Å². The van der Waals surface area contributed by atoms with Crippen LogP contribution < -0.4 is 37.6 Å². The lowest BCUT2D eigenvalue weighted by Crippen LogP contribution is -2.60. The van der Waals surface area contributed by atoms with Gasteiger partial charge in [-0.25, -0.2) is 4.98 Å². The predicted molar refractivity (Wildman–Crippen MR) is 336 cm³/mol. The molecule has 526 valence electrons. The van der Waals surface area contributed by atoms with Crippen LogP contribution in [-0.2, 0) is 79.8 Å². The highest BCUT2D eigenvalue weighted by Gasteiger charge is 2.43. The molecule has 4 heterocycles. The van der Waals surface area contributed by atoms with E-state index in [9.17, 15) is 72.9 Å². The number of hydrogen-bond acceptors (Lipinski definition) is 19. The highest BCUT2D eigenvalue weighted by Crippen LogP contribution is 2.26. The van der Waals surface area contributed by atoms with Crippen LogP contribution in [0.4, 0.5) is 0 Å². The van der Waals surface area contributed by atoms with Crippen LogP contribution >= 0.6 is 0 Å². The average Bonchev–Trinajstić information content (AvgIpc) is 1.64. The number of carbonyl (C=O) groups excluding carboxylic acids is 9. The van der Waals surface area contributed by atoms with Gasteiger partial charge in [0, 0.05) is 64.3 Å². The molecule has 2 aromatic rings.